The van der Waals surface area contributed by atoms with Crippen molar-refractivity contribution in [2.24, 2.45) is 0 Å². The van der Waals surface area contributed by atoms with Gasteiger partial charge >= 0.3 is 0 Å². The number of aromatic hydroxyl groups is 10. The second-order valence-electron chi connectivity index (χ2n) is 18.2. The first kappa shape index (κ1) is 41.7. The molecule has 0 saturated heterocycles. The average Bonchev–Trinajstić information content (AvgIpc) is 3.82. The SMILES string of the molecule is Oc1ccc(C2Oc3cc(O)cc4c3C2c2cc(O)cc(O)c2C(c2ccc(O)cc2)C4OC2c3cc(O)cc4c3C(c3cc(O)cc(O)c3C2c2ccc(O)cc2)C(c2ccc(O)cc2)O4)cc1. The van der Waals surface area contributed by atoms with Gasteiger partial charge in [-0.2, -0.15) is 0 Å². The molecule has 0 spiro atoms. The molecule has 0 saturated carbocycles. The first-order chi connectivity index (χ1) is 33.3. The molecule has 0 fully saturated rings. The summed E-state index contributed by atoms with van der Waals surface area (Å²) in [6.45, 7) is 0. The molecule has 2 heterocycles. The smallest absolute Gasteiger partial charge is 0.135 e. The zero-order valence-electron chi connectivity index (χ0n) is 36.2. The maximum Gasteiger partial charge on any atom is 0.135 e. The largest absolute Gasteiger partial charge is 0.508 e. The number of rotatable bonds is 6. The van der Waals surface area contributed by atoms with Gasteiger partial charge in [0.15, 0.2) is 0 Å². The van der Waals surface area contributed by atoms with Crippen LogP contribution in [0.5, 0.6) is 69.0 Å². The molecule has 0 aromatic heterocycles. The Labute approximate surface area is 393 Å². The lowest BCUT2D eigenvalue weighted by atomic mass is 9.79. The maximum absolute atomic E-state index is 12.3. The fourth-order valence-corrected chi connectivity index (χ4v) is 11.4. The molecule has 8 atom stereocenters. The standard InChI is InChI=1S/C56H42O13/c57-29-9-1-25(2-10-29)45-47-37(17-33(61)21-41(47)65)51-49-39(19-35(63)23-43(49)67-53(51)27-5-13-31(59)14-6-27)55(45)69-56-40-20-36(64)24-44-50(40)52(54(68-44)28-7-15-32(60)16-8-28)38-18-34(62)22-42(66)48(38)46(56)26-3-11-30(58)12-4-26/h1-24,45-46,51-66H. The summed E-state index contributed by atoms with van der Waals surface area (Å²) in [5, 5.41) is 113. The molecule has 2 aliphatic carbocycles. The fourth-order valence-electron chi connectivity index (χ4n) is 11.4. The van der Waals surface area contributed by atoms with Gasteiger partial charge in [0.1, 0.15) is 81.2 Å². The highest BCUT2D eigenvalue weighted by Gasteiger charge is 2.52. The quantitative estimate of drug-likeness (QED) is 0.0749. The van der Waals surface area contributed by atoms with E-state index in [2.05, 4.69) is 0 Å². The van der Waals surface area contributed by atoms with E-state index in [0.717, 1.165) is 0 Å². The zero-order valence-corrected chi connectivity index (χ0v) is 36.2. The monoisotopic (exact) mass is 922 g/mol. The Bertz CT molecular complexity index is 3130. The third kappa shape index (κ3) is 6.64. The van der Waals surface area contributed by atoms with Gasteiger partial charge in [0.25, 0.3) is 0 Å². The van der Waals surface area contributed by atoms with Crippen molar-refractivity contribution in [3.05, 3.63) is 212 Å². The molecule has 13 nitrogen and oxygen atoms in total. The summed E-state index contributed by atoms with van der Waals surface area (Å²) in [6, 6.07) is 37.5. The van der Waals surface area contributed by atoms with Crippen molar-refractivity contribution in [1.82, 2.24) is 0 Å². The summed E-state index contributed by atoms with van der Waals surface area (Å²) in [6.07, 6.45) is -4.06. The van der Waals surface area contributed by atoms with Crippen molar-refractivity contribution >= 4 is 0 Å². The lowest BCUT2D eigenvalue weighted by Crippen LogP contribution is -2.24. The van der Waals surface area contributed by atoms with Crippen LogP contribution in [0.3, 0.4) is 0 Å². The number of phenolic OH excluding ortho intramolecular Hbond substituents is 10. The Hall–Kier alpha value is -8.68. The van der Waals surface area contributed by atoms with E-state index in [1.165, 1.54) is 72.8 Å². The van der Waals surface area contributed by atoms with Crippen molar-refractivity contribution < 1.29 is 65.3 Å². The minimum Gasteiger partial charge on any atom is -0.508 e. The molecule has 8 unspecified atom stereocenters. The van der Waals surface area contributed by atoms with Crippen LogP contribution >= 0.6 is 0 Å². The number of hydrogen-bond acceptors (Lipinski definition) is 13. The van der Waals surface area contributed by atoms with Crippen LogP contribution in [0.4, 0.5) is 0 Å². The van der Waals surface area contributed by atoms with Crippen LogP contribution in [-0.4, -0.2) is 51.1 Å². The van der Waals surface area contributed by atoms with Crippen LogP contribution < -0.4 is 9.47 Å². The van der Waals surface area contributed by atoms with Gasteiger partial charge in [0, 0.05) is 58.4 Å². The highest BCUT2D eigenvalue weighted by Crippen LogP contribution is 2.66. The van der Waals surface area contributed by atoms with Crippen LogP contribution in [-0.2, 0) is 4.74 Å². The Kier molecular flexibility index (Phi) is 9.34. The topological polar surface area (TPSA) is 230 Å². The highest BCUT2D eigenvalue weighted by molar-refractivity contribution is 5.68. The minimum absolute atomic E-state index is 0.0277. The number of benzene rings is 8. The maximum atomic E-state index is 12.3. The van der Waals surface area contributed by atoms with Gasteiger partial charge in [-0.1, -0.05) is 48.5 Å². The van der Waals surface area contributed by atoms with E-state index in [4.69, 9.17) is 14.2 Å². The highest BCUT2D eigenvalue weighted by atomic mass is 16.5. The summed E-state index contributed by atoms with van der Waals surface area (Å²) < 4.78 is 21.3. The normalized spacial score (nSPS) is 22.5. The van der Waals surface area contributed by atoms with E-state index < -0.39 is 48.1 Å². The Morgan fingerprint density at radius 3 is 0.942 bits per heavy atom. The summed E-state index contributed by atoms with van der Waals surface area (Å²) in [5.74, 6) is -4.32. The molecule has 10 N–H and O–H groups in total. The second kappa shape index (κ2) is 15.4. The predicted molar refractivity (Wildman–Crippen MR) is 249 cm³/mol. The zero-order chi connectivity index (χ0) is 47.6. The van der Waals surface area contributed by atoms with Crippen molar-refractivity contribution in [1.29, 1.82) is 0 Å². The third-order valence-corrected chi connectivity index (χ3v) is 14.2. The molecular weight excluding hydrogens is 881 g/mol. The predicted octanol–water partition coefficient (Wildman–Crippen LogP) is 10.4. The molecule has 8 aromatic rings. The van der Waals surface area contributed by atoms with Crippen LogP contribution in [0, 0.1) is 0 Å². The van der Waals surface area contributed by atoms with Gasteiger partial charge in [-0.05, 0) is 117 Å². The van der Waals surface area contributed by atoms with Crippen molar-refractivity contribution in [3.63, 3.8) is 0 Å². The molecule has 8 aromatic carbocycles. The van der Waals surface area contributed by atoms with E-state index >= 15 is 0 Å². The van der Waals surface area contributed by atoms with Crippen LogP contribution in [0.2, 0.25) is 0 Å². The van der Waals surface area contributed by atoms with E-state index in [0.29, 0.717) is 78.3 Å². The van der Waals surface area contributed by atoms with Crippen molar-refractivity contribution in [2.45, 2.75) is 48.1 Å². The van der Waals surface area contributed by atoms with Crippen LogP contribution in [0.15, 0.2) is 146 Å². The Morgan fingerprint density at radius 1 is 0.290 bits per heavy atom. The molecule has 344 valence electrons. The van der Waals surface area contributed by atoms with Gasteiger partial charge in [-0.25, -0.2) is 0 Å². The first-order valence-electron chi connectivity index (χ1n) is 22.3. The average molecular weight is 923 g/mol. The van der Waals surface area contributed by atoms with E-state index in [1.54, 1.807) is 72.8 Å². The molecule has 0 radical (unpaired) electrons. The van der Waals surface area contributed by atoms with Crippen molar-refractivity contribution in [3.8, 4) is 69.0 Å². The van der Waals surface area contributed by atoms with Gasteiger partial charge in [0.2, 0.25) is 0 Å². The fraction of sp³-hybridized carbons (Fsp3) is 0.143. The lowest BCUT2D eigenvalue weighted by molar-refractivity contribution is -0.0329. The van der Waals surface area contributed by atoms with Gasteiger partial charge in [0.05, 0.1) is 24.0 Å². The molecule has 0 bridgehead atoms. The minimum atomic E-state index is -1.21. The summed E-state index contributed by atoms with van der Waals surface area (Å²) in [7, 11) is 0. The van der Waals surface area contributed by atoms with Crippen LogP contribution in [0.25, 0.3) is 0 Å². The summed E-state index contributed by atoms with van der Waals surface area (Å²) in [4.78, 5) is 0. The lowest BCUT2D eigenvalue weighted by Gasteiger charge is -2.37. The number of fused-ring (bicyclic) bond motifs is 4. The Morgan fingerprint density at radius 2 is 0.594 bits per heavy atom. The van der Waals surface area contributed by atoms with Gasteiger partial charge in [-0.3, -0.25) is 0 Å². The van der Waals surface area contributed by atoms with E-state index in [9.17, 15) is 51.1 Å². The Balaban J connectivity index is 1.17. The number of phenols is 10. The number of ether oxygens (including phenoxy) is 3. The molecule has 4 aliphatic rings. The van der Waals surface area contributed by atoms with Gasteiger partial charge in [-0.15, -0.1) is 0 Å². The molecule has 12 rings (SSSR count). The molecule has 69 heavy (non-hydrogen) atoms. The number of hydrogen-bond donors (Lipinski definition) is 10. The van der Waals surface area contributed by atoms with Gasteiger partial charge < -0.3 is 65.3 Å². The van der Waals surface area contributed by atoms with Crippen LogP contribution in [0.1, 0.15) is 115 Å². The van der Waals surface area contributed by atoms with Crippen molar-refractivity contribution in [2.75, 3.05) is 0 Å². The first-order valence-corrected chi connectivity index (χ1v) is 22.3. The molecular formula is C56H42O13. The molecule has 0 amide bonds. The summed E-state index contributed by atoms with van der Waals surface area (Å²) >= 11 is 0. The second-order valence-corrected chi connectivity index (χ2v) is 18.2. The van der Waals surface area contributed by atoms with E-state index in [-0.39, 0.29) is 57.5 Å². The summed E-state index contributed by atoms with van der Waals surface area (Å²) in [5.41, 5.74) is 6.01. The molecule has 2 aliphatic heterocycles. The van der Waals surface area contributed by atoms with E-state index in [1.807, 2.05) is 0 Å². The third-order valence-electron chi connectivity index (χ3n) is 14.2. The molecule has 13 heteroatoms.